The van der Waals surface area contributed by atoms with Gasteiger partial charge in [0.05, 0.1) is 0 Å². The Morgan fingerprint density at radius 3 is 2.70 bits per heavy atom. The first-order valence-electron chi connectivity index (χ1n) is 7.40. The molecule has 114 valence electrons. The van der Waals surface area contributed by atoms with E-state index in [4.69, 9.17) is 0 Å². The third-order valence-electron chi connectivity index (χ3n) is 3.83. The Morgan fingerprint density at radius 1 is 1.13 bits per heavy atom. The molecule has 6 heteroatoms. The number of hydrogen-bond acceptors (Lipinski definition) is 5. The molecule has 1 fully saturated rings. The van der Waals surface area contributed by atoms with Crippen LogP contribution in [0.25, 0.3) is 10.8 Å². The lowest BCUT2D eigenvalue weighted by atomic mass is 10.1. The largest absolute Gasteiger partial charge is 0.347 e. The Labute approximate surface area is 137 Å². The number of nitrogens with one attached hydrogen (secondary N) is 1. The molecule has 0 bridgehead atoms. The van der Waals surface area contributed by atoms with Gasteiger partial charge in [0.2, 0.25) is 0 Å². The van der Waals surface area contributed by atoms with Gasteiger partial charge in [-0.25, -0.2) is 15.0 Å². The smallest absolute Gasteiger partial charge is 0.271 e. The Bertz CT molecular complexity index is 819. The van der Waals surface area contributed by atoms with Crippen LogP contribution in [-0.4, -0.2) is 26.9 Å². The lowest BCUT2D eigenvalue weighted by Gasteiger charge is -2.02. The van der Waals surface area contributed by atoms with Crippen LogP contribution in [0, 0.1) is 0 Å². The summed E-state index contributed by atoms with van der Waals surface area (Å²) in [6, 6.07) is 12.2. The zero-order valence-corrected chi connectivity index (χ0v) is 13.0. The summed E-state index contributed by atoms with van der Waals surface area (Å²) < 4.78 is 0. The first-order chi connectivity index (χ1) is 11.3. The highest BCUT2D eigenvalue weighted by Gasteiger charge is 2.39. The van der Waals surface area contributed by atoms with E-state index >= 15 is 0 Å². The quantitative estimate of drug-likeness (QED) is 0.802. The van der Waals surface area contributed by atoms with Gasteiger partial charge in [0.1, 0.15) is 5.69 Å². The molecule has 2 atom stereocenters. The molecule has 0 aliphatic heterocycles. The minimum absolute atomic E-state index is 0.133. The lowest BCUT2D eigenvalue weighted by Crippen LogP contribution is -2.26. The number of benzene rings is 1. The van der Waals surface area contributed by atoms with Crippen LogP contribution in [0.2, 0.25) is 0 Å². The van der Waals surface area contributed by atoms with Gasteiger partial charge in [-0.15, -0.1) is 11.3 Å². The molecule has 2 aromatic heterocycles. The minimum atomic E-state index is -0.133. The van der Waals surface area contributed by atoms with Crippen molar-refractivity contribution >= 4 is 17.2 Å². The Hall–Kier alpha value is -2.60. The van der Waals surface area contributed by atoms with Crippen molar-refractivity contribution in [2.45, 2.75) is 18.4 Å². The first kappa shape index (κ1) is 14.0. The third kappa shape index (κ3) is 2.98. The van der Waals surface area contributed by atoms with Gasteiger partial charge in [-0.05, 0) is 18.1 Å². The van der Waals surface area contributed by atoms with Crippen molar-refractivity contribution in [1.29, 1.82) is 0 Å². The third-order valence-corrected chi connectivity index (χ3v) is 4.67. The average Bonchev–Trinajstić information content (AvgIpc) is 3.19. The van der Waals surface area contributed by atoms with Crippen molar-refractivity contribution in [3.05, 3.63) is 65.4 Å². The molecule has 1 aliphatic carbocycles. The molecule has 1 amide bonds. The van der Waals surface area contributed by atoms with Crippen LogP contribution in [0.3, 0.4) is 0 Å². The van der Waals surface area contributed by atoms with Crippen LogP contribution in [0.4, 0.5) is 0 Å². The maximum Gasteiger partial charge on any atom is 0.271 e. The van der Waals surface area contributed by atoms with Gasteiger partial charge in [0, 0.05) is 29.7 Å². The van der Waals surface area contributed by atoms with Crippen molar-refractivity contribution in [1.82, 2.24) is 20.3 Å². The van der Waals surface area contributed by atoms with Gasteiger partial charge < -0.3 is 5.32 Å². The zero-order valence-electron chi connectivity index (χ0n) is 12.2. The van der Waals surface area contributed by atoms with E-state index in [9.17, 15) is 4.79 Å². The van der Waals surface area contributed by atoms with Gasteiger partial charge in [0.25, 0.3) is 5.91 Å². The van der Waals surface area contributed by atoms with Crippen LogP contribution >= 0.6 is 11.3 Å². The normalized spacial score (nSPS) is 19.3. The SMILES string of the molecule is O=C(N[C@H]1C[C@H]1c1ccccc1)c1csc(-c2ncccn2)n1. The zero-order chi connectivity index (χ0) is 15.6. The predicted molar refractivity (Wildman–Crippen MR) is 88.2 cm³/mol. The molecule has 0 unspecified atom stereocenters. The molecule has 0 saturated heterocycles. The van der Waals surface area contributed by atoms with Crippen molar-refractivity contribution in [3.63, 3.8) is 0 Å². The number of hydrogen-bond donors (Lipinski definition) is 1. The monoisotopic (exact) mass is 322 g/mol. The molecule has 1 aromatic carbocycles. The minimum Gasteiger partial charge on any atom is -0.347 e. The standard InChI is InChI=1S/C17H14N4OS/c22-16(20-13-9-12(13)11-5-2-1-3-6-11)14-10-23-17(21-14)15-18-7-4-8-19-15/h1-8,10,12-13H,9H2,(H,20,22)/t12-,13-/m0/s1. The fraction of sp³-hybridized carbons (Fsp3) is 0.176. The van der Waals surface area contributed by atoms with Crippen molar-refractivity contribution < 1.29 is 4.79 Å². The van der Waals surface area contributed by atoms with E-state index in [1.54, 1.807) is 23.8 Å². The van der Waals surface area contributed by atoms with Crippen LogP contribution in [0.1, 0.15) is 28.4 Å². The molecule has 1 saturated carbocycles. The summed E-state index contributed by atoms with van der Waals surface area (Å²) in [5.41, 5.74) is 1.70. The van der Waals surface area contributed by atoms with Crippen molar-refractivity contribution in [3.8, 4) is 10.8 Å². The summed E-state index contributed by atoms with van der Waals surface area (Å²) in [5, 5.41) is 5.46. The highest BCUT2D eigenvalue weighted by Crippen LogP contribution is 2.40. The summed E-state index contributed by atoms with van der Waals surface area (Å²) in [6.07, 6.45) is 4.31. The molecular weight excluding hydrogens is 308 g/mol. The second-order valence-corrected chi connectivity index (χ2v) is 6.30. The number of aromatic nitrogens is 3. The van der Waals surface area contributed by atoms with E-state index in [1.165, 1.54) is 16.9 Å². The predicted octanol–water partition coefficient (Wildman–Crippen LogP) is 2.89. The number of nitrogens with zero attached hydrogens (tertiary/aromatic N) is 3. The van der Waals surface area contributed by atoms with Crippen molar-refractivity contribution in [2.75, 3.05) is 0 Å². The molecule has 23 heavy (non-hydrogen) atoms. The van der Waals surface area contributed by atoms with Crippen LogP contribution < -0.4 is 5.32 Å². The maximum atomic E-state index is 12.3. The molecule has 0 radical (unpaired) electrons. The molecular formula is C17H14N4OS. The van der Waals surface area contributed by atoms with Gasteiger partial charge in [-0.3, -0.25) is 4.79 Å². The van der Waals surface area contributed by atoms with E-state index in [2.05, 4.69) is 32.4 Å². The summed E-state index contributed by atoms with van der Waals surface area (Å²) in [4.78, 5) is 25.0. The Kier molecular flexibility index (Phi) is 3.59. The topological polar surface area (TPSA) is 67.8 Å². The van der Waals surface area contributed by atoms with Crippen LogP contribution in [-0.2, 0) is 0 Å². The summed E-state index contributed by atoms with van der Waals surface area (Å²) in [6.45, 7) is 0. The molecule has 5 nitrogen and oxygen atoms in total. The van der Waals surface area contributed by atoms with E-state index < -0.39 is 0 Å². The summed E-state index contributed by atoms with van der Waals surface area (Å²) in [7, 11) is 0. The molecule has 2 heterocycles. The van der Waals surface area contributed by atoms with Crippen LogP contribution in [0.5, 0.6) is 0 Å². The van der Waals surface area contributed by atoms with Crippen LogP contribution in [0.15, 0.2) is 54.2 Å². The first-order valence-corrected chi connectivity index (χ1v) is 8.28. The summed E-state index contributed by atoms with van der Waals surface area (Å²) in [5.74, 6) is 0.827. The number of rotatable bonds is 4. The van der Waals surface area contributed by atoms with E-state index in [1.807, 2.05) is 18.2 Å². The highest BCUT2D eigenvalue weighted by atomic mass is 32.1. The molecule has 1 N–H and O–H groups in total. The number of carbonyl (C=O) groups is 1. The molecule has 0 spiro atoms. The van der Waals surface area contributed by atoms with E-state index in [-0.39, 0.29) is 11.9 Å². The molecule has 3 aromatic rings. The number of carbonyl (C=O) groups excluding carboxylic acids is 1. The molecule has 1 aliphatic rings. The second-order valence-electron chi connectivity index (χ2n) is 5.44. The second kappa shape index (κ2) is 5.89. The average molecular weight is 322 g/mol. The Morgan fingerprint density at radius 2 is 1.91 bits per heavy atom. The summed E-state index contributed by atoms with van der Waals surface area (Å²) >= 11 is 1.38. The van der Waals surface area contributed by atoms with Gasteiger partial charge >= 0.3 is 0 Å². The maximum absolute atomic E-state index is 12.3. The Balaban J connectivity index is 1.42. The van der Waals surface area contributed by atoms with Gasteiger partial charge in [0.15, 0.2) is 10.8 Å². The van der Waals surface area contributed by atoms with Gasteiger partial charge in [-0.2, -0.15) is 0 Å². The molecule has 4 rings (SSSR count). The fourth-order valence-electron chi connectivity index (χ4n) is 2.56. The highest BCUT2D eigenvalue weighted by molar-refractivity contribution is 7.13. The van der Waals surface area contributed by atoms with Gasteiger partial charge in [-0.1, -0.05) is 30.3 Å². The fourth-order valence-corrected chi connectivity index (χ4v) is 3.30. The number of thiazole rings is 1. The van der Waals surface area contributed by atoms with E-state index in [0.717, 1.165) is 6.42 Å². The van der Waals surface area contributed by atoms with Crippen molar-refractivity contribution in [2.24, 2.45) is 0 Å². The lowest BCUT2D eigenvalue weighted by molar-refractivity contribution is 0.0946. The number of amides is 1. The van der Waals surface area contributed by atoms with E-state index in [0.29, 0.717) is 22.4 Å².